The molecule has 0 saturated heterocycles. The zero-order valence-electron chi connectivity index (χ0n) is 11.5. The van der Waals surface area contributed by atoms with Gasteiger partial charge in [-0.25, -0.2) is 0 Å². The van der Waals surface area contributed by atoms with Gasteiger partial charge in [0.15, 0.2) is 0 Å². The van der Waals surface area contributed by atoms with Crippen molar-refractivity contribution >= 4 is 0 Å². The van der Waals surface area contributed by atoms with Crippen molar-refractivity contribution in [3.05, 3.63) is 11.6 Å². The standard InChI is InChI=1S/C15H26O2/c1-10(2)15(17)9-8-14(4)7-5-6-11(3)12(14)13(15)16/h6,10,12-13,16-17H,5,7-9H2,1-4H3/t12-,13+,14-,15-/m1/s1. The van der Waals surface area contributed by atoms with Crippen molar-refractivity contribution in [1.29, 1.82) is 0 Å². The average Bonchev–Trinajstić information content (AvgIpc) is 2.24. The van der Waals surface area contributed by atoms with Gasteiger partial charge in [0.2, 0.25) is 0 Å². The summed E-state index contributed by atoms with van der Waals surface area (Å²) in [6, 6.07) is 0. The molecule has 98 valence electrons. The molecular weight excluding hydrogens is 212 g/mol. The van der Waals surface area contributed by atoms with Crippen molar-refractivity contribution in [3.63, 3.8) is 0 Å². The first-order valence-corrected chi connectivity index (χ1v) is 6.88. The van der Waals surface area contributed by atoms with Gasteiger partial charge in [0, 0.05) is 5.92 Å². The topological polar surface area (TPSA) is 40.5 Å². The van der Waals surface area contributed by atoms with E-state index in [0.717, 1.165) is 25.7 Å². The Bertz CT molecular complexity index is 334. The first-order chi connectivity index (χ1) is 7.81. The van der Waals surface area contributed by atoms with E-state index in [4.69, 9.17) is 0 Å². The molecular formula is C15H26O2. The second-order valence-electron chi connectivity index (χ2n) is 6.71. The normalized spacial score (nSPS) is 46.6. The molecule has 2 N–H and O–H groups in total. The predicted molar refractivity (Wildman–Crippen MR) is 69.6 cm³/mol. The smallest absolute Gasteiger partial charge is 0.0934 e. The summed E-state index contributed by atoms with van der Waals surface area (Å²) in [5, 5.41) is 21.3. The fourth-order valence-electron chi connectivity index (χ4n) is 3.92. The zero-order chi connectivity index (χ0) is 12.8. The summed E-state index contributed by atoms with van der Waals surface area (Å²) in [6.45, 7) is 8.40. The van der Waals surface area contributed by atoms with E-state index in [1.165, 1.54) is 5.57 Å². The Labute approximate surface area is 105 Å². The monoisotopic (exact) mass is 238 g/mol. The Morgan fingerprint density at radius 3 is 2.53 bits per heavy atom. The summed E-state index contributed by atoms with van der Waals surface area (Å²) in [6.07, 6.45) is 5.63. The first-order valence-electron chi connectivity index (χ1n) is 6.88. The van der Waals surface area contributed by atoms with Crippen LogP contribution in [0.5, 0.6) is 0 Å². The van der Waals surface area contributed by atoms with E-state index in [2.05, 4.69) is 19.9 Å². The van der Waals surface area contributed by atoms with Gasteiger partial charge < -0.3 is 10.2 Å². The maximum absolute atomic E-state index is 10.7. The Hall–Kier alpha value is -0.340. The molecule has 0 spiro atoms. The molecule has 17 heavy (non-hydrogen) atoms. The number of hydrogen-bond acceptors (Lipinski definition) is 2. The van der Waals surface area contributed by atoms with E-state index in [-0.39, 0.29) is 17.3 Å². The van der Waals surface area contributed by atoms with E-state index in [1.807, 2.05) is 13.8 Å². The molecule has 0 aromatic heterocycles. The third kappa shape index (κ3) is 1.86. The molecule has 1 saturated carbocycles. The lowest BCUT2D eigenvalue weighted by molar-refractivity contribution is -0.178. The van der Waals surface area contributed by atoms with Gasteiger partial charge >= 0.3 is 0 Å². The minimum atomic E-state index is -0.906. The summed E-state index contributed by atoms with van der Waals surface area (Å²) in [5.74, 6) is 0.245. The van der Waals surface area contributed by atoms with Crippen LogP contribution in [0.2, 0.25) is 0 Å². The highest BCUT2D eigenvalue weighted by Crippen LogP contribution is 2.54. The average molecular weight is 238 g/mol. The van der Waals surface area contributed by atoms with Gasteiger partial charge in [0.1, 0.15) is 0 Å². The Kier molecular flexibility index (Phi) is 3.16. The maximum atomic E-state index is 10.7. The number of allylic oxidation sites excluding steroid dienone is 1. The van der Waals surface area contributed by atoms with Crippen LogP contribution in [0.1, 0.15) is 53.4 Å². The van der Waals surface area contributed by atoms with Crippen molar-refractivity contribution in [2.45, 2.75) is 65.1 Å². The third-order valence-electron chi connectivity index (χ3n) is 5.35. The van der Waals surface area contributed by atoms with Gasteiger partial charge in [-0.15, -0.1) is 0 Å². The molecule has 2 rings (SSSR count). The molecule has 4 atom stereocenters. The second-order valence-corrected chi connectivity index (χ2v) is 6.71. The van der Waals surface area contributed by atoms with E-state index < -0.39 is 11.7 Å². The molecule has 0 amide bonds. The van der Waals surface area contributed by atoms with Gasteiger partial charge in [-0.2, -0.15) is 0 Å². The molecule has 0 radical (unpaired) electrons. The molecule has 2 aliphatic rings. The minimum absolute atomic E-state index is 0.108. The summed E-state index contributed by atoms with van der Waals surface area (Å²) in [7, 11) is 0. The van der Waals surface area contributed by atoms with Gasteiger partial charge in [-0.05, 0) is 43.9 Å². The SMILES string of the molecule is CC1=CCC[C@]2(C)CC[C@@](O)(C(C)C)[C@@H](O)[C@@H]12. The van der Waals surface area contributed by atoms with Crippen molar-refractivity contribution in [3.8, 4) is 0 Å². The van der Waals surface area contributed by atoms with E-state index in [0.29, 0.717) is 0 Å². The molecule has 2 heteroatoms. The number of fused-ring (bicyclic) bond motifs is 1. The van der Waals surface area contributed by atoms with Crippen LogP contribution in [-0.2, 0) is 0 Å². The molecule has 0 bridgehead atoms. The Morgan fingerprint density at radius 2 is 1.94 bits per heavy atom. The first kappa shape index (κ1) is 13.1. The molecule has 0 aromatic rings. The largest absolute Gasteiger partial charge is 0.389 e. The fourth-order valence-corrected chi connectivity index (χ4v) is 3.92. The van der Waals surface area contributed by atoms with Gasteiger partial charge in [0.05, 0.1) is 11.7 Å². The minimum Gasteiger partial charge on any atom is -0.389 e. The number of rotatable bonds is 1. The van der Waals surface area contributed by atoms with E-state index in [9.17, 15) is 10.2 Å². The molecule has 1 fully saturated rings. The highest BCUT2D eigenvalue weighted by atomic mass is 16.3. The van der Waals surface area contributed by atoms with Crippen molar-refractivity contribution in [1.82, 2.24) is 0 Å². The number of hydrogen-bond donors (Lipinski definition) is 2. The van der Waals surface area contributed by atoms with Crippen LogP contribution in [0.3, 0.4) is 0 Å². The maximum Gasteiger partial charge on any atom is 0.0934 e. The Morgan fingerprint density at radius 1 is 1.29 bits per heavy atom. The van der Waals surface area contributed by atoms with Crippen LogP contribution in [0.25, 0.3) is 0 Å². The molecule has 2 nitrogen and oxygen atoms in total. The number of aliphatic hydroxyl groups excluding tert-OH is 1. The van der Waals surface area contributed by atoms with Crippen molar-refractivity contribution in [2.75, 3.05) is 0 Å². The van der Waals surface area contributed by atoms with Crippen LogP contribution >= 0.6 is 0 Å². The lowest BCUT2D eigenvalue weighted by Crippen LogP contribution is -2.59. The predicted octanol–water partition coefficient (Wildman–Crippen LogP) is 2.89. The molecule has 2 aliphatic carbocycles. The van der Waals surface area contributed by atoms with E-state index >= 15 is 0 Å². The Balaban J connectivity index is 2.36. The van der Waals surface area contributed by atoms with Crippen LogP contribution in [0.15, 0.2) is 11.6 Å². The highest BCUT2D eigenvalue weighted by Gasteiger charge is 2.54. The molecule has 0 aromatic carbocycles. The van der Waals surface area contributed by atoms with Crippen molar-refractivity contribution in [2.24, 2.45) is 17.3 Å². The van der Waals surface area contributed by atoms with Gasteiger partial charge in [-0.3, -0.25) is 0 Å². The van der Waals surface area contributed by atoms with Crippen LogP contribution in [0.4, 0.5) is 0 Å². The molecule has 0 heterocycles. The summed E-state index contributed by atoms with van der Waals surface area (Å²) >= 11 is 0. The lowest BCUT2D eigenvalue weighted by Gasteiger charge is -2.55. The van der Waals surface area contributed by atoms with Gasteiger partial charge in [0.25, 0.3) is 0 Å². The fraction of sp³-hybridized carbons (Fsp3) is 0.867. The highest BCUT2D eigenvalue weighted by molar-refractivity contribution is 5.20. The van der Waals surface area contributed by atoms with E-state index in [1.54, 1.807) is 0 Å². The quantitative estimate of drug-likeness (QED) is 0.690. The third-order valence-corrected chi connectivity index (χ3v) is 5.35. The zero-order valence-corrected chi connectivity index (χ0v) is 11.5. The molecule has 0 aliphatic heterocycles. The molecule has 0 unspecified atom stereocenters. The van der Waals surface area contributed by atoms with Crippen LogP contribution < -0.4 is 0 Å². The van der Waals surface area contributed by atoms with Gasteiger partial charge in [-0.1, -0.05) is 32.4 Å². The van der Waals surface area contributed by atoms with Crippen LogP contribution in [-0.4, -0.2) is 21.9 Å². The lowest BCUT2D eigenvalue weighted by atomic mass is 9.54. The summed E-state index contributed by atoms with van der Waals surface area (Å²) in [5.41, 5.74) is 0.542. The summed E-state index contributed by atoms with van der Waals surface area (Å²) in [4.78, 5) is 0. The van der Waals surface area contributed by atoms with Crippen LogP contribution in [0, 0.1) is 17.3 Å². The summed E-state index contributed by atoms with van der Waals surface area (Å²) < 4.78 is 0. The number of aliphatic hydroxyl groups is 2. The second kappa shape index (κ2) is 4.10. The van der Waals surface area contributed by atoms with Crippen molar-refractivity contribution < 1.29 is 10.2 Å².